The second-order valence-corrected chi connectivity index (χ2v) is 4.43. The van der Waals surface area contributed by atoms with E-state index < -0.39 is 0 Å². The van der Waals surface area contributed by atoms with Crippen molar-refractivity contribution < 1.29 is 0 Å². The van der Waals surface area contributed by atoms with Crippen molar-refractivity contribution in [3.05, 3.63) is 60.2 Å². The monoisotopic (exact) mass is 265 g/mol. The summed E-state index contributed by atoms with van der Waals surface area (Å²) in [6, 6.07) is 17.9. The summed E-state index contributed by atoms with van der Waals surface area (Å²) >= 11 is 0. The van der Waals surface area contributed by atoms with E-state index in [0.717, 1.165) is 23.4 Å². The van der Waals surface area contributed by atoms with Crippen LogP contribution in [0.3, 0.4) is 0 Å². The molecule has 0 aliphatic heterocycles. The van der Waals surface area contributed by atoms with Crippen LogP contribution in [-0.2, 0) is 6.54 Å². The molecule has 0 saturated heterocycles. The fraction of sp³-hybridized carbons (Fsp3) is 0.133. The second-order valence-electron chi connectivity index (χ2n) is 4.43. The van der Waals surface area contributed by atoms with Gasteiger partial charge in [0.25, 0.3) is 0 Å². The molecule has 0 spiro atoms. The molecule has 0 fully saturated rings. The topological polar surface area (TPSA) is 55.6 Å². The minimum Gasteiger partial charge on any atom is -0.316 e. The molecule has 2 aromatic carbocycles. The summed E-state index contributed by atoms with van der Waals surface area (Å²) in [7, 11) is 1.92. The summed E-state index contributed by atoms with van der Waals surface area (Å²) in [5.41, 5.74) is 3.04. The molecule has 1 heterocycles. The van der Waals surface area contributed by atoms with Crippen LogP contribution in [0.25, 0.3) is 17.1 Å². The first-order valence-corrected chi connectivity index (χ1v) is 6.47. The van der Waals surface area contributed by atoms with Gasteiger partial charge in [-0.2, -0.15) is 0 Å². The van der Waals surface area contributed by atoms with Gasteiger partial charge in [-0.3, -0.25) is 0 Å². The molecule has 0 atom stereocenters. The lowest BCUT2D eigenvalue weighted by Gasteiger charge is -2.06. The van der Waals surface area contributed by atoms with Gasteiger partial charge in [0, 0.05) is 12.1 Å². The van der Waals surface area contributed by atoms with E-state index in [1.165, 1.54) is 0 Å². The Morgan fingerprint density at radius 2 is 1.75 bits per heavy atom. The molecule has 5 nitrogen and oxygen atoms in total. The number of nitrogens with zero attached hydrogens (tertiary/aromatic N) is 4. The number of rotatable bonds is 4. The molecule has 20 heavy (non-hydrogen) atoms. The largest absolute Gasteiger partial charge is 0.316 e. The Morgan fingerprint density at radius 3 is 2.55 bits per heavy atom. The van der Waals surface area contributed by atoms with E-state index in [2.05, 4.69) is 26.8 Å². The zero-order valence-corrected chi connectivity index (χ0v) is 11.2. The molecule has 0 radical (unpaired) electrons. The van der Waals surface area contributed by atoms with Crippen LogP contribution in [0.1, 0.15) is 5.56 Å². The predicted molar refractivity (Wildman–Crippen MR) is 77.4 cm³/mol. The molecular weight excluding hydrogens is 250 g/mol. The number of nitrogens with one attached hydrogen (secondary N) is 1. The Balaban J connectivity index is 1.98. The zero-order chi connectivity index (χ0) is 13.8. The minimum atomic E-state index is 0.630. The van der Waals surface area contributed by atoms with E-state index in [-0.39, 0.29) is 0 Å². The molecule has 100 valence electrons. The van der Waals surface area contributed by atoms with Crippen molar-refractivity contribution in [2.75, 3.05) is 7.05 Å². The van der Waals surface area contributed by atoms with Crippen molar-refractivity contribution in [3.8, 4) is 17.1 Å². The Hall–Kier alpha value is -2.53. The van der Waals surface area contributed by atoms with Gasteiger partial charge in [-0.05, 0) is 23.9 Å². The highest BCUT2D eigenvalue weighted by molar-refractivity contribution is 5.53. The third-order valence-electron chi connectivity index (χ3n) is 3.02. The quantitative estimate of drug-likeness (QED) is 0.784. The van der Waals surface area contributed by atoms with Crippen molar-refractivity contribution in [2.45, 2.75) is 6.54 Å². The molecule has 1 N–H and O–H groups in total. The standard InChI is InChI=1S/C15H15N5/c1-16-11-13-9-5-6-10-14(13)20-18-15(17-19-20)12-7-3-2-4-8-12/h2-10,16H,11H2,1H3. The molecule has 0 unspecified atom stereocenters. The van der Waals surface area contributed by atoms with E-state index in [1.807, 2.05) is 55.6 Å². The summed E-state index contributed by atoms with van der Waals surface area (Å²) in [5.74, 6) is 0.630. The first-order valence-electron chi connectivity index (χ1n) is 6.47. The predicted octanol–water partition coefficient (Wildman–Crippen LogP) is 2.05. The van der Waals surface area contributed by atoms with Gasteiger partial charge >= 0.3 is 0 Å². The summed E-state index contributed by atoms with van der Waals surface area (Å²) in [4.78, 5) is 1.58. The van der Waals surface area contributed by atoms with Crippen LogP contribution < -0.4 is 5.32 Å². The van der Waals surface area contributed by atoms with Crippen LogP contribution in [0.4, 0.5) is 0 Å². The molecule has 3 rings (SSSR count). The summed E-state index contributed by atoms with van der Waals surface area (Å²) in [5, 5.41) is 15.9. The van der Waals surface area contributed by atoms with Crippen molar-refractivity contribution >= 4 is 0 Å². The lowest BCUT2D eigenvalue weighted by Crippen LogP contribution is -2.10. The molecule has 1 aromatic heterocycles. The van der Waals surface area contributed by atoms with Crippen LogP contribution >= 0.6 is 0 Å². The molecule has 3 aromatic rings. The molecule has 0 bridgehead atoms. The minimum absolute atomic E-state index is 0.630. The second kappa shape index (κ2) is 5.63. The molecular formula is C15H15N5. The fourth-order valence-electron chi connectivity index (χ4n) is 2.07. The highest BCUT2D eigenvalue weighted by atomic mass is 15.6. The fourth-order valence-corrected chi connectivity index (χ4v) is 2.07. The number of tetrazole rings is 1. The van der Waals surface area contributed by atoms with Gasteiger partial charge in [-0.1, -0.05) is 48.5 Å². The number of aromatic nitrogens is 4. The van der Waals surface area contributed by atoms with Crippen LogP contribution in [0, 0.1) is 0 Å². The zero-order valence-electron chi connectivity index (χ0n) is 11.2. The van der Waals surface area contributed by atoms with Gasteiger partial charge in [-0.25, -0.2) is 0 Å². The Bertz CT molecular complexity index is 690. The highest BCUT2D eigenvalue weighted by Gasteiger charge is 2.09. The van der Waals surface area contributed by atoms with E-state index in [0.29, 0.717) is 5.82 Å². The maximum Gasteiger partial charge on any atom is 0.205 e. The van der Waals surface area contributed by atoms with Crippen LogP contribution in [0.15, 0.2) is 54.6 Å². The molecule has 0 amide bonds. The highest BCUT2D eigenvalue weighted by Crippen LogP contribution is 2.16. The van der Waals surface area contributed by atoms with E-state index in [1.54, 1.807) is 4.80 Å². The number of benzene rings is 2. The summed E-state index contributed by atoms with van der Waals surface area (Å²) < 4.78 is 0. The van der Waals surface area contributed by atoms with Crippen LogP contribution in [-0.4, -0.2) is 27.3 Å². The van der Waals surface area contributed by atoms with Gasteiger partial charge < -0.3 is 5.32 Å². The molecule has 0 aliphatic carbocycles. The maximum absolute atomic E-state index is 4.46. The first kappa shape index (κ1) is 12.5. The van der Waals surface area contributed by atoms with Gasteiger partial charge in [0.1, 0.15) is 0 Å². The van der Waals surface area contributed by atoms with Gasteiger partial charge in [-0.15, -0.1) is 15.0 Å². The van der Waals surface area contributed by atoms with Gasteiger partial charge in [0.15, 0.2) is 0 Å². The Morgan fingerprint density at radius 1 is 1.00 bits per heavy atom. The SMILES string of the molecule is CNCc1ccccc1-n1nnc(-c2ccccc2)n1. The van der Waals surface area contributed by atoms with Crippen molar-refractivity contribution in [1.82, 2.24) is 25.5 Å². The number of hydrogen-bond acceptors (Lipinski definition) is 4. The average Bonchev–Trinajstić information content (AvgIpc) is 2.99. The van der Waals surface area contributed by atoms with E-state index in [4.69, 9.17) is 0 Å². The van der Waals surface area contributed by atoms with Gasteiger partial charge in [0.2, 0.25) is 5.82 Å². The molecule has 5 heteroatoms. The smallest absolute Gasteiger partial charge is 0.205 e. The normalized spacial score (nSPS) is 10.7. The van der Waals surface area contributed by atoms with Crippen molar-refractivity contribution in [3.63, 3.8) is 0 Å². The summed E-state index contributed by atoms with van der Waals surface area (Å²) in [6.45, 7) is 0.762. The lowest BCUT2D eigenvalue weighted by molar-refractivity contribution is 0.701. The number of hydrogen-bond donors (Lipinski definition) is 1. The van der Waals surface area contributed by atoms with Crippen molar-refractivity contribution in [1.29, 1.82) is 0 Å². The van der Waals surface area contributed by atoms with Crippen molar-refractivity contribution in [2.24, 2.45) is 0 Å². The Labute approximate surface area is 117 Å². The van der Waals surface area contributed by atoms with Gasteiger partial charge in [0.05, 0.1) is 5.69 Å². The van der Waals surface area contributed by atoms with Crippen LogP contribution in [0.5, 0.6) is 0 Å². The lowest BCUT2D eigenvalue weighted by atomic mass is 10.2. The summed E-state index contributed by atoms with van der Waals surface area (Å²) in [6.07, 6.45) is 0. The third kappa shape index (κ3) is 2.44. The number of para-hydroxylation sites is 1. The first-order chi connectivity index (χ1) is 9.88. The Kier molecular flexibility index (Phi) is 3.52. The maximum atomic E-state index is 4.46. The molecule has 0 saturated carbocycles. The molecule has 0 aliphatic rings. The van der Waals surface area contributed by atoms with Crippen LogP contribution in [0.2, 0.25) is 0 Å². The van der Waals surface area contributed by atoms with E-state index >= 15 is 0 Å². The van der Waals surface area contributed by atoms with E-state index in [9.17, 15) is 0 Å². The third-order valence-corrected chi connectivity index (χ3v) is 3.02. The average molecular weight is 265 g/mol.